The molecule has 1 aliphatic heterocycles. The van der Waals surface area contributed by atoms with E-state index in [1.165, 1.54) is 23.5 Å². The fourth-order valence-electron chi connectivity index (χ4n) is 3.49. The third-order valence-corrected chi connectivity index (χ3v) is 5.32. The van der Waals surface area contributed by atoms with Crippen molar-refractivity contribution in [3.05, 3.63) is 70.8 Å². The highest BCUT2D eigenvalue weighted by molar-refractivity contribution is 5.97. The molecular weight excluding hydrogens is 398 g/mol. The molecule has 4 N–H and O–H groups in total. The second-order valence-corrected chi connectivity index (χ2v) is 7.75. The first kappa shape index (κ1) is 22.9. The van der Waals surface area contributed by atoms with E-state index in [0.29, 0.717) is 5.56 Å². The van der Waals surface area contributed by atoms with Gasteiger partial charge in [0.15, 0.2) is 0 Å². The molecule has 0 saturated carbocycles. The highest BCUT2D eigenvalue weighted by Gasteiger charge is 2.25. The zero-order chi connectivity index (χ0) is 22.2. The molecule has 8 heteroatoms. The van der Waals surface area contributed by atoms with Crippen LogP contribution in [0.5, 0.6) is 0 Å². The number of aliphatic hydroxyl groups is 1. The molecule has 0 radical (unpaired) electrons. The van der Waals surface area contributed by atoms with Crippen molar-refractivity contribution in [2.75, 3.05) is 26.3 Å². The van der Waals surface area contributed by atoms with E-state index in [0.717, 1.165) is 44.8 Å². The Morgan fingerprint density at radius 2 is 1.55 bits per heavy atom. The van der Waals surface area contributed by atoms with Gasteiger partial charge in [-0.25, -0.2) is 5.48 Å². The highest BCUT2D eigenvalue weighted by Crippen LogP contribution is 2.14. The number of nitrogens with zero attached hydrogens (tertiary/aromatic N) is 1. The third kappa shape index (κ3) is 6.60. The van der Waals surface area contributed by atoms with E-state index in [1.54, 1.807) is 12.1 Å². The second-order valence-electron chi connectivity index (χ2n) is 7.75. The summed E-state index contributed by atoms with van der Waals surface area (Å²) in [5.74, 6) is -1.38. The minimum atomic E-state index is -1.24. The number of hydrogen-bond acceptors (Lipinski definition) is 6. The van der Waals surface area contributed by atoms with Gasteiger partial charge in [0, 0.05) is 25.2 Å². The van der Waals surface area contributed by atoms with Crippen LogP contribution in [0.1, 0.15) is 34.0 Å². The molecule has 2 aromatic rings. The number of carbonyl (C=O) groups excluding carboxylic acids is 2. The van der Waals surface area contributed by atoms with Crippen molar-refractivity contribution < 1.29 is 24.6 Å². The Hall–Kier alpha value is -2.78. The van der Waals surface area contributed by atoms with E-state index in [1.807, 2.05) is 12.1 Å². The maximum absolute atomic E-state index is 12.4. The molecule has 2 amide bonds. The maximum atomic E-state index is 12.4. The maximum Gasteiger partial charge on any atom is 0.268 e. The molecule has 31 heavy (non-hydrogen) atoms. The van der Waals surface area contributed by atoms with E-state index in [2.05, 4.69) is 34.5 Å². The van der Waals surface area contributed by atoms with Gasteiger partial charge in [-0.05, 0) is 42.2 Å². The van der Waals surface area contributed by atoms with E-state index in [-0.39, 0.29) is 0 Å². The molecule has 3 rings (SSSR count). The lowest BCUT2D eigenvalue weighted by molar-refractivity contribution is -0.133. The monoisotopic (exact) mass is 427 g/mol. The number of carbonyl (C=O) groups is 2. The molecule has 2 atom stereocenters. The Kier molecular flexibility index (Phi) is 8.13. The average molecular weight is 428 g/mol. The molecule has 0 aliphatic carbocycles. The summed E-state index contributed by atoms with van der Waals surface area (Å²) >= 11 is 0. The van der Waals surface area contributed by atoms with Crippen molar-refractivity contribution in [3.63, 3.8) is 0 Å². The van der Waals surface area contributed by atoms with Gasteiger partial charge in [-0.3, -0.25) is 19.7 Å². The number of amides is 2. The molecule has 0 bridgehead atoms. The zero-order valence-corrected chi connectivity index (χ0v) is 17.6. The number of nitrogens with one attached hydrogen (secondary N) is 2. The van der Waals surface area contributed by atoms with Gasteiger partial charge in [0.1, 0.15) is 6.04 Å². The summed E-state index contributed by atoms with van der Waals surface area (Å²) in [5, 5.41) is 20.8. The van der Waals surface area contributed by atoms with Crippen LogP contribution in [-0.2, 0) is 22.5 Å². The van der Waals surface area contributed by atoms with E-state index < -0.39 is 24.0 Å². The number of ether oxygens (including phenoxy) is 1. The summed E-state index contributed by atoms with van der Waals surface area (Å²) in [4.78, 5) is 26.3. The molecule has 1 saturated heterocycles. The van der Waals surface area contributed by atoms with Crippen molar-refractivity contribution in [2.24, 2.45) is 0 Å². The molecule has 0 spiro atoms. The largest absolute Gasteiger partial charge is 0.391 e. The van der Waals surface area contributed by atoms with Gasteiger partial charge in [0.05, 0.1) is 19.3 Å². The lowest BCUT2D eigenvalue weighted by Crippen LogP contribution is -2.51. The summed E-state index contributed by atoms with van der Waals surface area (Å²) < 4.78 is 5.39. The van der Waals surface area contributed by atoms with Crippen molar-refractivity contribution >= 4 is 11.8 Å². The topological polar surface area (TPSA) is 111 Å². The van der Waals surface area contributed by atoms with Crippen LogP contribution in [0, 0.1) is 0 Å². The fourth-order valence-corrected chi connectivity index (χ4v) is 3.49. The normalized spacial score (nSPS) is 16.4. The summed E-state index contributed by atoms with van der Waals surface area (Å²) in [6.45, 7) is 5.79. The molecule has 2 aromatic carbocycles. The van der Waals surface area contributed by atoms with Crippen LogP contribution in [0.2, 0.25) is 0 Å². The minimum absolute atomic E-state index is 0.362. The Labute approximate surface area is 181 Å². The lowest BCUT2D eigenvalue weighted by atomic mass is 10.0. The summed E-state index contributed by atoms with van der Waals surface area (Å²) in [5.41, 5.74) is 5.31. The van der Waals surface area contributed by atoms with Gasteiger partial charge in [0.2, 0.25) is 0 Å². The smallest absolute Gasteiger partial charge is 0.268 e. The zero-order valence-electron chi connectivity index (χ0n) is 17.6. The Morgan fingerprint density at radius 3 is 2.10 bits per heavy atom. The van der Waals surface area contributed by atoms with Crippen molar-refractivity contribution in [1.82, 2.24) is 15.7 Å². The SMILES string of the molecule is C[C@H](O)[C@H](NC(=O)c1ccc(Cc2ccc(CN3CCOCC3)cc2)cc1)C(=O)NO. The van der Waals surface area contributed by atoms with Crippen molar-refractivity contribution in [2.45, 2.75) is 32.0 Å². The first-order valence-corrected chi connectivity index (χ1v) is 10.4. The number of morpholine rings is 1. The predicted octanol–water partition coefficient (Wildman–Crippen LogP) is 1.09. The first-order valence-electron chi connectivity index (χ1n) is 10.4. The average Bonchev–Trinajstić information content (AvgIpc) is 2.79. The van der Waals surface area contributed by atoms with Crippen molar-refractivity contribution in [1.29, 1.82) is 0 Å². The molecule has 1 fully saturated rings. The summed E-state index contributed by atoms with van der Waals surface area (Å²) in [6, 6.07) is 14.4. The predicted molar refractivity (Wildman–Crippen MR) is 115 cm³/mol. The quantitative estimate of drug-likeness (QED) is 0.371. The number of hydrogen-bond donors (Lipinski definition) is 4. The molecule has 1 heterocycles. The number of hydroxylamine groups is 1. The molecule has 8 nitrogen and oxygen atoms in total. The Balaban J connectivity index is 1.56. The van der Waals surface area contributed by atoms with Crippen molar-refractivity contribution in [3.8, 4) is 0 Å². The lowest BCUT2D eigenvalue weighted by Gasteiger charge is -2.26. The number of benzene rings is 2. The van der Waals surface area contributed by atoms with Gasteiger partial charge >= 0.3 is 0 Å². The number of aliphatic hydroxyl groups excluding tert-OH is 1. The molecule has 0 aromatic heterocycles. The van der Waals surface area contributed by atoms with E-state index in [9.17, 15) is 14.7 Å². The first-order chi connectivity index (χ1) is 15.0. The highest BCUT2D eigenvalue weighted by atomic mass is 16.5. The van der Waals surface area contributed by atoms with Crippen LogP contribution < -0.4 is 10.8 Å². The van der Waals surface area contributed by atoms with E-state index in [4.69, 9.17) is 9.94 Å². The van der Waals surface area contributed by atoms with Gasteiger partial charge in [0.25, 0.3) is 11.8 Å². The fraction of sp³-hybridized carbons (Fsp3) is 0.391. The van der Waals surface area contributed by atoms with Crippen LogP contribution in [0.25, 0.3) is 0 Å². The second kappa shape index (κ2) is 11.0. The molecule has 166 valence electrons. The molecule has 1 aliphatic rings. The number of rotatable bonds is 8. The van der Waals surface area contributed by atoms with Gasteiger partial charge in [-0.15, -0.1) is 0 Å². The van der Waals surface area contributed by atoms with E-state index >= 15 is 0 Å². The third-order valence-electron chi connectivity index (χ3n) is 5.32. The standard InChI is InChI=1S/C23H29N3O5/c1-16(27)21(23(29)25-30)24-22(28)20-8-6-18(7-9-20)14-17-2-4-19(5-3-17)15-26-10-12-31-13-11-26/h2-9,16,21,27,30H,10-15H2,1H3,(H,24,28)(H,25,29)/t16-,21-/m0/s1. The molecule has 0 unspecified atom stereocenters. The van der Waals surface area contributed by atoms with Crippen LogP contribution >= 0.6 is 0 Å². The Morgan fingerprint density at radius 1 is 1.00 bits per heavy atom. The summed E-state index contributed by atoms with van der Waals surface area (Å²) in [7, 11) is 0. The van der Waals surface area contributed by atoms with Gasteiger partial charge < -0.3 is 15.2 Å². The van der Waals surface area contributed by atoms with Crippen LogP contribution in [-0.4, -0.2) is 65.5 Å². The minimum Gasteiger partial charge on any atom is -0.391 e. The van der Waals surface area contributed by atoms with Gasteiger partial charge in [-0.1, -0.05) is 36.4 Å². The summed E-state index contributed by atoms with van der Waals surface area (Å²) in [6.07, 6.45) is -0.412. The van der Waals surface area contributed by atoms with Gasteiger partial charge in [-0.2, -0.15) is 0 Å². The van der Waals surface area contributed by atoms with Crippen LogP contribution in [0.3, 0.4) is 0 Å². The molecular formula is C23H29N3O5. The van der Waals surface area contributed by atoms with Crippen LogP contribution in [0.15, 0.2) is 48.5 Å². The Bertz CT molecular complexity index is 862. The van der Waals surface area contributed by atoms with Crippen LogP contribution in [0.4, 0.5) is 0 Å².